The van der Waals surface area contributed by atoms with Crippen LogP contribution in [0.1, 0.15) is 0 Å². The van der Waals surface area contributed by atoms with Crippen LogP contribution in [0.4, 0.5) is 9.80 Å². The molecule has 2 N–H and O–H groups in total. The molecule has 0 aliphatic heterocycles. The highest BCUT2D eigenvalue weighted by Gasteiger charge is 2.16. The Morgan fingerprint density at radius 3 is 2.81 bits per heavy atom. The van der Waals surface area contributed by atoms with Gasteiger partial charge in [-0.1, -0.05) is 0 Å². The van der Waals surface area contributed by atoms with Crippen LogP contribution in [0.15, 0.2) is 47.8 Å². The Balaban J connectivity index is 1.44. The van der Waals surface area contributed by atoms with Crippen molar-refractivity contribution in [3.8, 4) is 28.8 Å². The topological polar surface area (TPSA) is 112 Å². The van der Waals surface area contributed by atoms with E-state index in [1.54, 1.807) is 49.1 Å². The van der Waals surface area contributed by atoms with Gasteiger partial charge < -0.3 is 19.5 Å². The molecular weight excluding hydrogens is 420 g/mol. The fraction of sp³-hybridized carbons (Fsp3) is 0.200. The van der Waals surface area contributed by atoms with Gasteiger partial charge in [0.2, 0.25) is 5.88 Å². The summed E-state index contributed by atoms with van der Waals surface area (Å²) in [6.07, 6.45) is 0. The monoisotopic (exact) mass is 440 g/mol. The van der Waals surface area contributed by atoms with E-state index in [1.807, 2.05) is 17.5 Å². The second-order valence-electron chi connectivity index (χ2n) is 6.24. The van der Waals surface area contributed by atoms with Crippen molar-refractivity contribution in [2.24, 2.45) is 0 Å². The molecule has 4 aromatic rings. The molecule has 0 fully saturated rings. The molecule has 4 rings (SSSR count). The third kappa shape index (κ3) is 4.67. The fourth-order valence-corrected chi connectivity index (χ4v) is 3.44. The zero-order chi connectivity index (χ0) is 21.6. The lowest BCUT2D eigenvalue weighted by Crippen LogP contribution is -2.32. The summed E-state index contributed by atoms with van der Waals surface area (Å²) in [5.41, 5.74) is 1.24. The van der Waals surface area contributed by atoms with Crippen LogP contribution >= 0.6 is 11.3 Å². The third-order valence-corrected chi connectivity index (χ3v) is 5.07. The Bertz CT molecular complexity index is 1180. The van der Waals surface area contributed by atoms with Crippen LogP contribution in [0.5, 0.6) is 17.4 Å². The molecule has 2 amide bonds. The second-order valence-corrected chi connectivity index (χ2v) is 7.19. The van der Waals surface area contributed by atoms with Crippen LogP contribution in [0, 0.1) is 0 Å². The molecule has 0 bridgehead atoms. The van der Waals surface area contributed by atoms with E-state index in [0.717, 1.165) is 5.00 Å². The Labute approximate surface area is 181 Å². The van der Waals surface area contributed by atoms with E-state index in [2.05, 4.69) is 25.9 Å². The van der Waals surface area contributed by atoms with E-state index in [9.17, 15) is 4.79 Å². The normalized spacial score (nSPS) is 10.6. The fourth-order valence-electron chi connectivity index (χ4n) is 2.83. The van der Waals surface area contributed by atoms with Crippen molar-refractivity contribution in [3.05, 3.63) is 47.8 Å². The Morgan fingerprint density at radius 1 is 1.13 bits per heavy atom. The standard InChI is InChI=1S/C20H20N6O4S/c1-28-13-5-6-15(29-2)14(12-13)19-24-23-16-7-8-17(25-26(16)19)30-10-9-21-20(27)22-18-4-3-11-31-18/h3-8,11-12H,9-10H2,1-2H3,(H2,21,22,27). The minimum absolute atomic E-state index is 0.246. The minimum Gasteiger partial charge on any atom is -0.497 e. The SMILES string of the molecule is COc1ccc(OC)c(-c2nnc3ccc(OCCNC(=O)Nc4cccs4)nn23)c1. The summed E-state index contributed by atoms with van der Waals surface area (Å²) in [4.78, 5) is 11.8. The molecule has 0 aliphatic rings. The van der Waals surface area contributed by atoms with Gasteiger partial charge in [-0.15, -0.1) is 26.6 Å². The highest BCUT2D eigenvalue weighted by molar-refractivity contribution is 7.14. The number of aromatic nitrogens is 4. The number of rotatable bonds is 8. The first-order chi connectivity index (χ1) is 15.2. The van der Waals surface area contributed by atoms with Crippen molar-refractivity contribution in [3.63, 3.8) is 0 Å². The number of anilines is 1. The van der Waals surface area contributed by atoms with Crippen molar-refractivity contribution < 1.29 is 19.0 Å². The smallest absolute Gasteiger partial charge is 0.319 e. The van der Waals surface area contributed by atoms with E-state index in [4.69, 9.17) is 14.2 Å². The van der Waals surface area contributed by atoms with Gasteiger partial charge in [-0.25, -0.2) is 4.79 Å². The minimum atomic E-state index is -0.291. The van der Waals surface area contributed by atoms with Crippen LogP contribution in [0.3, 0.4) is 0 Å². The molecule has 31 heavy (non-hydrogen) atoms. The number of amides is 2. The number of hydrogen-bond donors (Lipinski definition) is 2. The van der Waals surface area contributed by atoms with Crippen molar-refractivity contribution in [2.45, 2.75) is 0 Å². The van der Waals surface area contributed by atoms with Crippen molar-refractivity contribution in [1.29, 1.82) is 0 Å². The summed E-state index contributed by atoms with van der Waals surface area (Å²) in [5, 5.41) is 21.0. The quantitative estimate of drug-likeness (QED) is 0.405. The van der Waals surface area contributed by atoms with E-state index in [1.165, 1.54) is 11.3 Å². The van der Waals surface area contributed by atoms with Gasteiger partial charge in [0.25, 0.3) is 0 Å². The predicted octanol–water partition coefficient (Wildman–Crippen LogP) is 3.07. The van der Waals surface area contributed by atoms with Crippen molar-refractivity contribution >= 4 is 28.0 Å². The summed E-state index contributed by atoms with van der Waals surface area (Å²) >= 11 is 1.45. The van der Waals surface area contributed by atoms with Crippen LogP contribution in [-0.2, 0) is 0 Å². The van der Waals surface area contributed by atoms with Crippen LogP contribution < -0.4 is 24.8 Å². The average Bonchev–Trinajstić information content (AvgIpc) is 3.45. The molecule has 0 aliphatic carbocycles. The first-order valence-electron chi connectivity index (χ1n) is 9.34. The lowest BCUT2D eigenvalue weighted by atomic mass is 10.2. The van der Waals surface area contributed by atoms with Gasteiger partial charge >= 0.3 is 6.03 Å². The van der Waals surface area contributed by atoms with Crippen LogP contribution in [0.25, 0.3) is 17.0 Å². The maximum Gasteiger partial charge on any atom is 0.319 e. The molecule has 0 saturated carbocycles. The molecule has 0 unspecified atom stereocenters. The number of nitrogens with zero attached hydrogens (tertiary/aromatic N) is 4. The van der Waals surface area contributed by atoms with Gasteiger partial charge in [0.05, 0.1) is 31.3 Å². The number of fused-ring (bicyclic) bond motifs is 1. The van der Waals surface area contributed by atoms with Crippen LogP contribution in [-0.4, -0.2) is 53.2 Å². The number of carbonyl (C=O) groups excluding carboxylic acids is 1. The summed E-state index contributed by atoms with van der Waals surface area (Å²) < 4.78 is 18.0. The molecule has 3 heterocycles. The number of thiophene rings is 1. The molecule has 1 aromatic carbocycles. The number of hydrogen-bond acceptors (Lipinski definition) is 8. The summed E-state index contributed by atoms with van der Waals surface area (Å²) in [6, 6.07) is 12.3. The van der Waals surface area contributed by atoms with Crippen molar-refractivity contribution in [1.82, 2.24) is 25.1 Å². The lowest BCUT2D eigenvalue weighted by molar-refractivity contribution is 0.246. The Morgan fingerprint density at radius 2 is 2.03 bits per heavy atom. The number of carbonyl (C=O) groups is 1. The van der Waals surface area contributed by atoms with Gasteiger partial charge in [0.1, 0.15) is 18.1 Å². The lowest BCUT2D eigenvalue weighted by Gasteiger charge is -2.10. The molecule has 3 aromatic heterocycles. The number of benzene rings is 1. The van der Waals surface area contributed by atoms with E-state index in [0.29, 0.717) is 41.0 Å². The van der Waals surface area contributed by atoms with Gasteiger partial charge in [0.15, 0.2) is 11.5 Å². The second kappa shape index (κ2) is 9.30. The Hall–Kier alpha value is -3.86. The molecule has 160 valence electrons. The van der Waals surface area contributed by atoms with E-state index < -0.39 is 0 Å². The number of ether oxygens (including phenoxy) is 3. The summed E-state index contributed by atoms with van der Waals surface area (Å²) in [5.74, 6) is 2.14. The number of methoxy groups -OCH3 is 2. The summed E-state index contributed by atoms with van der Waals surface area (Å²) in [7, 11) is 3.17. The van der Waals surface area contributed by atoms with Gasteiger partial charge in [0, 0.05) is 6.07 Å². The molecule has 0 spiro atoms. The van der Waals surface area contributed by atoms with Gasteiger partial charge in [-0.2, -0.15) is 4.52 Å². The van der Waals surface area contributed by atoms with E-state index >= 15 is 0 Å². The number of nitrogens with one attached hydrogen (secondary N) is 2. The third-order valence-electron chi connectivity index (χ3n) is 4.28. The largest absolute Gasteiger partial charge is 0.497 e. The number of urea groups is 1. The molecule has 10 nitrogen and oxygen atoms in total. The average molecular weight is 440 g/mol. The highest BCUT2D eigenvalue weighted by Crippen LogP contribution is 2.32. The first-order valence-corrected chi connectivity index (χ1v) is 10.2. The van der Waals surface area contributed by atoms with Crippen LogP contribution in [0.2, 0.25) is 0 Å². The molecular formula is C20H20N6O4S. The maximum absolute atomic E-state index is 11.8. The summed E-state index contributed by atoms with van der Waals surface area (Å²) in [6.45, 7) is 0.561. The highest BCUT2D eigenvalue weighted by atomic mass is 32.1. The molecule has 11 heteroatoms. The van der Waals surface area contributed by atoms with Gasteiger partial charge in [-0.05, 0) is 41.8 Å². The predicted molar refractivity (Wildman–Crippen MR) is 116 cm³/mol. The first kappa shape index (κ1) is 20.4. The molecule has 0 atom stereocenters. The molecule has 0 radical (unpaired) electrons. The zero-order valence-corrected chi connectivity index (χ0v) is 17.7. The maximum atomic E-state index is 11.8. The Kier molecular flexibility index (Phi) is 6.13. The zero-order valence-electron chi connectivity index (χ0n) is 16.9. The van der Waals surface area contributed by atoms with Crippen molar-refractivity contribution in [2.75, 3.05) is 32.7 Å². The van der Waals surface area contributed by atoms with E-state index in [-0.39, 0.29) is 12.6 Å². The molecule has 0 saturated heterocycles. The van der Waals surface area contributed by atoms with Gasteiger partial charge in [-0.3, -0.25) is 5.32 Å².